The Morgan fingerprint density at radius 1 is 1.40 bits per heavy atom. The lowest BCUT2D eigenvalue weighted by Gasteiger charge is -2.27. The molecule has 1 aromatic heterocycles. The Bertz CT molecular complexity index is 475. The van der Waals surface area contributed by atoms with Gasteiger partial charge in [-0.05, 0) is 30.9 Å². The Hall–Kier alpha value is -1.42. The van der Waals surface area contributed by atoms with Gasteiger partial charge in [-0.15, -0.1) is 0 Å². The first kappa shape index (κ1) is 13.6. The molecular formula is C16H22N2O2. The van der Waals surface area contributed by atoms with Crippen LogP contribution in [0.1, 0.15) is 37.0 Å². The molecule has 0 N–H and O–H groups in total. The third-order valence-corrected chi connectivity index (χ3v) is 4.32. The molecule has 0 aromatic carbocycles. The molecule has 0 radical (unpaired) electrons. The molecule has 1 aliphatic heterocycles. The molecule has 1 saturated heterocycles. The van der Waals surface area contributed by atoms with Crippen LogP contribution in [0.15, 0.2) is 24.5 Å². The number of pyridine rings is 1. The third kappa shape index (κ3) is 2.44. The van der Waals surface area contributed by atoms with Crippen LogP contribution in [-0.2, 0) is 4.74 Å². The van der Waals surface area contributed by atoms with Crippen molar-refractivity contribution in [2.24, 2.45) is 11.8 Å². The van der Waals surface area contributed by atoms with E-state index in [1.165, 1.54) is 6.42 Å². The molecule has 1 amide bonds. The Morgan fingerprint density at radius 3 is 2.85 bits per heavy atom. The number of hydrogen-bond donors (Lipinski definition) is 0. The normalized spacial score (nSPS) is 28.4. The van der Waals surface area contributed by atoms with Crippen molar-refractivity contribution in [3.05, 3.63) is 30.1 Å². The molecule has 1 aromatic rings. The van der Waals surface area contributed by atoms with Gasteiger partial charge in [0.05, 0.1) is 12.1 Å². The number of carbonyl (C=O) groups excluding carboxylic acids is 1. The van der Waals surface area contributed by atoms with Crippen molar-refractivity contribution >= 4 is 5.91 Å². The van der Waals surface area contributed by atoms with Crippen LogP contribution in [-0.4, -0.2) is 41.1 Å². The highest BCUT2D eigenvalue weighted by Crippen LogP contribution is 2.40. The summed E-state index contributed by atoms with van der Waals surface area (Å²) in [7, 11) is 0. The lowest BCUT2D eigenvalue weighted by molar-refractivity contribution is 0.0130. The van der Waals surface area contributed by atoms with E-state index in [4.69, 9.17) is 4.74 Å². The van der Waals surface area contributed by atoms with E-state index < -0.39 is 0 Å². The van der Waals surface area contributed by atoms with Crippen LogP contribution in [0.5, 0.6) is 0 Å². The first-order valence-corrected chi connectivity index (χ1v) is 7.49. The van der Waals surface area contributed by atoms with Crippen LogP contribution in [0.2, 0.25) is 0 Å². The number of ether oxygens (including phenoxy) is 1. The molecule has 20 heavy (non-hydrogen) atoms. The van der Waals surface area contributed by atoms with Crippen molar-refractivity contribution in [3.8, 4) is 0 Å². The predicted octanol–water partition coefficient (Wildman–Crippen LogP) is 2.36. The molecule has 108 valence electrons. The standard InChI is InChI=1S/C16H22N2O2/c1-11(2)10-20-15-13-3-4-14(15)18(9-13)16(19)12-5-7-17-8-6-12/h5-8,11,13-15H,3-4,9-10H2,1-2H3. The number of aromatic nitrogens is 1. The molecule has 4 nitrogen and oxygen atoms in total. The number of carbonyl (C=O) groups is 1. The smallest absolute Gasteiger partial charge is 0.254 e. The number of likely N-dealkylation sites (tertiary alicyclic amines) is 1. The molecule has 2 bridgehead atoms. The summed E-state index contributed by atoms with van der Waals surface area (Å²) in [5.41, 5.74) is 0.732. The molecule has 0 spiro atoms. The zero-order valence-electron chi connectivity index (χ0n) is 12.2. The lowest BCUT2D eigenvalue weighted by Crippen LogP contribution is -2.40. The second-order valence-electron chi connectivity index (χ2n) is 6.29. The topological polar surface area (TPSA) is 42.4 Å². The number of hydrogen-bond acceptors (Lipinski definition) is 3. The number of fused-ring (bicyclic) bond motifs is 2. The molecule has 2 aliphatic rings. The van der Waals surface area contributed by atoms with Gasteiger partial charge in [0.25, 0.3) is 5.91 Å². The fourth-order valence-electron chi connectivity index (χ4n) is 3.39. The molecular weight excluding hydrogens is 252 g/mol. The minimum atomic E-state index is 0.123. The van der Waals surface area contributed by atoms with Crippen LogP contribution in [0.4, 0.5) is 0 Å². The second kappa shape index (κ2) is 5.52. The van der Waals surface area contributed by atoms with Crippen LogP contribution in [0.25, 0.3) is 0 Å². The minimum Gasteiger partial charge on any atom is -0.375 e. The van der Waals surface area contributed by atoms with Gasteiger partial charge in [0, 0.05) is 37.0 Å². The summed E-state index contributed by atoms with van der Waals surface area (Å²) < 4.78 is 6.06. The van der Waals surface area contributed by atoms with Crippen molar-refractivity contribution in [1.82, 2.24) is 9.88 Å². The predicted molar refractivity (Wildman–Crippen MR) is 76.4 cm³/mol. The molecule has 2 fully saturated rings. The van der Waals surface area contributed by atoms with E-state index in [9.17, 15) is 4.79 Å². The van der Waals surface area contributed by atoms with E-state index in [1.807, 2.05) is 4.90 Å². The third-order valence-electron chi connectivity index (χ3n) is 4.32. The van der Waals surface area contributed by atoms with Gasteiger partial charge in [0.15, 0.2) is 0 Å². The highest BCUT2D eigenvalue weighted by atomic mass is 16.5. The fourth-order valence-corrected chi connectivity index (χ4v) is 3.39. The van der Waals surface area contributed by atoms with Gasteiger partial charge < -0.3 is 9.64 Å². The van der Waals surface area contributed by atoms with E-state index in [2.05, 4.69) is 18.8 Å². The summed E-state index contributed by atoms with van der Waals surface area (Å²) in [5.74, 6) is 1.18. The Labute approximate surface area is 120 Å². The average Bonchev–Trinajstić information content (AvgIpc) is 3.02. The Morgan fingerprint density at radius 2 is 2.15 bits per heavy atom. The number of amides is 1. The number of piperidine rings is 1. The van der Waals surface area contributed by atoms with E-state index in [-0.39, 0.29) is 18.1 Å². The zero-order valence-corrected chi connectivity index (χ0v) is 12.2. The highest BCUT2D eigenvalue weighted by molar-refractivity contribution is 5.94. The van der Waals surface area contributed by atoms with Gasteiger partial charge in [-0.3, -0.25) is 9.78 Å². The maximum Gasteiger partial charge on any atom is 0.254 e. The van der Waals surface area contributed by atoms with E-state index >= 15 is 0 Å². The van der Waals surface area contributed by atoms with Gasteiger partial charge in [0.1, 0.15) is 0 Å². The summed E-state index contributed by atoms with van der Waals surface area (Å²) >= 11 is 0. The Balaban J connectivity index is 1.70. The van der Waals surface area contributed by atoms with Gasteiger partial charge in [-0.1, -0.05) is 13.8 Å². The SMILES string of the molecule is CC(C)COC1C2CCC1N(C(=O)c1ccncc1)C2. The van der Waals surface area contributed by atoms with Crippen molar-refractivity contribution in [2.45, 2.75) is 38.8 Å². The van der Waals surface area contributed by atoms with Crippen LogP contribution >= 0.6 is 0 Å². The quantitative estimate of drug-likeness (QED) is 0.846. The maximum atomic E-state index is 12.6. The maximum absolute atomic E-state index is 12.6. The molecule has 3 unspecified atom stereocenters. The Kier molecular flexibility index (Phi) is 3.74. The average molecular weight is 274 g/mol. The second-order valence-corrected chi connectivity index (χ2v) is 6.29. The largest absolute Gasteiger partial charge is 0.375 e. The monoisotopic (exact) mass is 274 g/mol. The van der Waals surface area contributed by atoms with Crippen molar-refractivity contribution in [1.29, 1.82) is 0 Å². The highest BCUT2D eigenvalue weighted by Gasteiger charge is 2.49. The van der Waals surface area contributed by atoms with Gasteiger partial charge in [0.2, 0.25) is 0 Å². The van der Waals surface area contributed by atoms with Crippen molar-refractivity contribution in [3.63, 3.8) is 0 Å². The number of rotatable bonds is 4. The van der Waals surface area contributed by atoms with Crippen molar-refractivity contribution in [2.75, 3.05) is 13.2 Å². The van der Waals surface area contributed by atoms with Crippen LogP contribution in [0.3, 0.4) is 0 Å². The molecule has 4 heteroatoms. The zero-order chi connectivity index (χ0) is 14.1. The van der Waals surface area contributed by atoms with Crippen LogP contribution in [0, 0.1) is 11.8 Å². The minimum absolute atomic E-state index is 0.123. The summed E-state index contributed by atoms with van der Waals surface area (Å²) in [4.78, 5) is 18.5. The molecule has 3 rings (SSSR count). The number of nitrogens with zero attached hydrogens (tertiary/aromatic N) is 2. The molecule has 3 atom stereocenters. The summed E-state index contributed by atoms with van der Waals surface area (Å²) in [6, 6.07) is 3.84. The van der Waals surface area contributed by atoms with E-state index in [1.54, 1.807) is 24.5 Å². The van der Waals surface area contributed by atoms with Gasteiger partial charge >= 0.3 is 0 Å². The fraction of sp³-hybridized carbons (Fsp3) is 0.625. The van der Waals surface area contributed by atoms with Gasteiger partial charge in [-0.25, -0.2) is 0 Å². The summed E-state index contributed by atoms with van der Waals surface area (Å²) in [6.07, 6.45) is 5.85. The first-order valence-electron chi connectivity index (χ1n) is 7.49. The molecule has 1 saturated carbocycles. The van der Waals surface area contributed by atoms with E-state index in [0.717, 1.165) is 25.1 Å². The van der Waals surface area contributed by atoms with Crippen LogP contribution < -0.4 is 0 Å². The lowest BCUT2D eigenvalue weighted by atomic mass is 10.1. The van der Waals surface area contributed by atoms with E-state index in [0.29, 0.717) is 11.8 Å². The summed E-state index contributed by atoms with van der Waals surface area (Å²) in [5, 5.41) is 0. The summed E-state index contributed by atoms with van der Waals surface area (Å²) in [6.45, 7) is 5.96. The van der Waals surface area contributed by atoms with Gasteiger partial charge in [-0.2, -0.15) is 0 Å². The van der Waals surface area contributed by atoms with Crippen molar-refractivity contribution < 1.29 is 9.53 Å². The molecule has 2 heterocycles. The first-order chi connectivity index (χ1) is 9.66. The molecule has 1 aliphatic carbocycles.